The lowest BCUT2D eigenvalue weighted by molar-refractivity contribution is 0.124. The first-order chi connectivity index (χ1) is 15.8. The van der Waals surface area contributed by atoms with Gasteiger partial charge in [0, 0.05) is 71.8 Å². The molecule has 1 N–H and O–H groups in total. The van der Waals surface area contributed by atoms with E-state index in [-0.39, 0.29) is 0 Å². The van der Waals surface area contributed by atoms with Crippen LogP contribution in [0.1, 0.15) is 22.3 Å². The maximum absolute atomic E-state index is 12.0. The van der Waals surface area contributed by atoms with Crippen LogP contribution in [0.2, 0.25) is 0 Å². The Bertz CT molecular complexity index is 1220. The normalized spacial score (nSPS) is 13.2. The second-order valence-corrected chi connectivity index (χ2v) is 7.44. The number of rotatable bonds is 5. The third kappa shape index (κ3) is 3.55. The third-order valence-corrected chi connectivity index (χ3v) is 5.52. The maximum atomic E-state index is 12.0. The van der Waals surface area contributed by atoms with Crippen molar-refractivity contribution >= 4 is 5.57 Å². The van der Waals surface area contributed by atoms with Crippen molar-refractivity contribution in [1.29, 1.82) is 0 Å². The lowest BCUT2D eigenvalue weighted by Crippen LogP contribution is -2.29. The molecule has 154 valence electrons. The van der Waals surface area contributed by atoms with Crippen molar-refractivity contribution in [2.24, 2.45) is 0 Å². The molecule has 0 atom stereocenters. The molecule has 0 spiro atoms. The van der Waals surface area contributed by atoms with E-state index in [4.69, 9.17) is 0 Å². The Morgan fingerprint density at radius 3 is 1.56 bits per heavy atom. The molecule has 1 aliphatic carbocycles. The smallest absolute Gasteiger partial charge is 0.143 e. The van der Waals surface area contributed by atoms with Gasteiger partial charge in [-0.3, -0.25) is 19.9 Å². The molecule has 0 radical (unpaired) electrons. The SMILES string of the molecule is OC(C1=CC(=C(c2cccnc2)c2cccnc2)C=C1)(c1cccnc1)c1cccnc1. The molecular formula is C27H20N4O. The molecule has 0 unspecified atom stereocenters. The first-order valence-corrected chi connectivity index (χ1v) is 10.3. The highest BCUT2D eigenvalue weighted by atomic mass is 16.3. The summed E-state index contributed by atoms with van der Waals surface area (Å²) < 4.78 is 0. The summed E-state index contributed by atoms with van der Waals surface area (Å²) in [5, 5.41) is 12.0. The van der Waals surface area contributed by atoms with Crippen molar-refractivity contribution in [3.63, 3.8) is 0 Å². The first kappa shape index (κ1) is 19.7. The standard InChI is InChI=1S/C27H20N4O/c32-27(24-7-3-13-30-18-24,25-8-4-14-31-19-25)23-10-9-20(15-23)26(21-5-1-11-28-16-21)22-6-2-12-29-17-22/h1-19,32H. The maximum Gasteiger partial charge on any atom is 0.143 e. The molecule has 0 amide bonds. The fourth-order valence-corrected chi connectivity index (χ4v) is 4.00. The number of aliphatic hydroxyl groups is 1. The van der Waals surface area contributed by atoms with Crippen molar-refractivity contribution < 1.29 is 5.11 Å². The number of nitrogens with zero attached hydrogens (tertiary/aromatic N) is 4. The Labute approximate surface area is 186 Å². The Morgan fingerprint density at radius 2 is 1.12 bits per heavy atom. The van der Waals surface area contributed by atoms with E-state index in [1.54, 1.807) is 37.2 Å². The summed E-state index contributed by atoms with van der Waals surface area (Å²) in [6.45, 7) is 0. The summed E-state index contributed by atoms with van der Waals surface area (Å²) in [6, 6.07) is 15.3. The summed E-state index contributed by atoms with van der Waals surface area (Å²) in [6.07, 6.45) is 19.9. The highest BCUT2D eigenvalue weighted by Gasteiger charge is 2.36. The van der Waals surface area contributed by atoms with Crippen LogP contribution in [0.15, 0.2) is 127 Å². The van der Waals surface area contributed by atoms with Crippen molar-refractivity contribution in [2.45, 2.75) is 5.60 Å². The van der Waals surface area contributed by atoms with Gasteiger partial charge in [0.1, 0.15) is 5.60 Å². The lowest BCUT2D eigenvalue weighted by Gasteiger charge is -2.29. The summed E-state index contributed by atoms with van der Waals surface area (Å²) in [7, 11) is 0. The molecule has 0 aromatic carbocycles. The molecule has 5 heteroatoms. The lowest BCUT2D eigenvalue weighted by atomic mass is 9.81. The minimum atomic E-state index is -1.39. The molecule has 0 fully saturated rings. The van der Waals surface area contributed by atoms with E-state index in [2.05, 4.69) is 19.9 Å². The van der Waals surface area contributed by atoms with E-state index >= 15 is 0 Å². The number of hydrogen-bond acceptors (Lipinski definition) is 5. The van der Waals surface area contributed by atoms with Gasteiger partial charge in [-0.25, -0.2) is 0 Å². The Hall–Kier alpha value is -4.22. The van der Waals surface area contributed by atoms with Crippen LogP contribution in [0.4, 0.5) is 0 Å². The van der Waals surface area contributed by atoms with Crippen molar-refractivity contribution in [1.82, 2.24) is 19.9 Å². The second kappa shape index (κ2) is 8.49. The molecule has 4 aromatic heterocycles. The Balaban J connectivity index is 1.71. The minimum absolute atomic E-state index is 0.675. The Kier molecular flexibility index (Phi) is 5.24. The molecule has 0 bridgehead atoms. The van der Waals surface area contributed by atoms with Gasteiger partial charge in [-0.15, -0.1) is 0 Å². The van der Waals surface area contributed by atoms with Crippen LogP contribution in [-0.4, -0.2) is 25.0 Å². The van der Waals surface area contributed by atoms with E-state index in [9.17, 15) is 5.11 Å². The van der Waals surface area contributed by atoms with Crippen LogP contribution in [0, 0.1) is 0 Å². The van der Waals surface area contributed by atoms with Crippen molar-refractivity contribution in [2.75, 3.05) is 0 Å². The summed E-state index contributed by atoms with van der Waals surface area (Å²) in [5.41, 5.74) is 4.61. The van der Waals surface area contributed by atoms with Gasteiger partial charge in [0.2, 0.25) is 0 Å². The number of allylic oxidation sites excluding steroid dienone is 3. The highest BCUT2D eigenvalue weighted by Crippen LogP contribution is 2.41. The van der Waals surface area contributed by atoms with Crippen molar-refractivity contribution in [3.05, 3.63) is 150 Å². The molecule has 0 aliphatic heterocycles. The molecule has 0 saturated carbocycles. The molecule has 4 aromatic rings. The van der Waals surface area contributed by atoms with E-state index in [1.807, 2.05) is 79.2 Å². The van der Waals surface area contributed by atoms with Gasteiger partial charge in [-0.2, -0.15) is 0 Å². The largest absolute Gasteiger partial charge is 0.376 e. The third-order valence-electron chi connectivity index (χ3n) is 5.52. The molecule has 32 heavy (non-hydrogen) atoms. The quantitative estimate of drug-likeness (QED) is 0.519. The van der Waals surface area contributed by atoms with E-state index in [1.165, 1.54) is 0 Å². The number of aromatic nitrogens is 4. The summed E-state index contributed by atoms with van der Waals surface area (Å²) >= 11 is 0. The van der Waals surface area contributed by atoms with Crippen LogP contribution in [0.25, 0.3) is 5.57 Å². The zero-order chi connectivity index (χ0) is 21.8. The molecule has 4 heterocycles. The molecular weight excluding hydrogens is 396 g/mol. The van der Waals surface area contributed by atoms with Crippen LogP contribution in [0.3, 0.4) is 0 Å². The predicted octanol–water partition coefficient (Wildman–Crippen LogP) is 4.50. The number of pyridine rings is 4. The molecule has 1 aliphatic rings. The second-order valence-electron chi connectivity index (χ2n) is 7.44. The highest BCUT2D eigenvalue weighted by molar-refractivity contribution is 5.86. The average molecular weight is 416 g/mol. The van der Waals surface area contributed by atoms with Crippen LogP contribution in [0.5, 0.6) is 0 Å². The summed E-state index contributed by atoms with van der Waals surface area (Å²) in [5.74, 6) is 0. The monoisotopic (exact) mass is 416 g/mol. The fraction of sp³-hybridized carbons (Fsp3) is 0.0370. The molecule has 0 saturated heterocycles. The molecule has 5 nitrogen and oxygen atoms in total. The Morgan fingerprint density at radius 1 is 0.625 bits per heavy atom. The van der Waals surface area contributed by atoms with Gasteiger partial charge in [0.15, 0.2) is 0 Å². The van der Waals surface area contributed by atoms with Crippen LogP contribution < -0.4 is 0 Å². The van der Waals surface area contributed by atoms with Crippen molar-refractivity contribution in [3.8, 4) is 0 Å². The average Bonchev–Trinajstić information content (AvgIpc) is 3.36. The molecule has 5 rings (SSSR count). The van der Waals surface area contributed by atoms with Crippen LogP contribution >= 0.6 is 0 Å². The zero-order valence-electron chi connectivity index (χ0n) is 17.2. The van der Waals surface area contributed by atoms with Gasteiger partial charge < -0.3 is 5.11 Å². The van der Waals surface area contributed by atoms with E-state index < -0.39 is 5.60 Å². The number of hydrogen-bond donors (Lipinski definition) is 1. The minimum Gasteiger partial charge on any atom is -0.376 e. The van der Waals surface area contributed by atoms with Gasteiger partial charge >= 0.3 is 0 Å². The van der Waals surface area contributed by atoms with Gasteiger partial charge in [-0.1, -0.05) is 36.4 Å². The first-order valence-electron chi connectivity index (χ1n) is 10.3. The topological polar surface area (TPSA) is 71.8 Å². The van der Waals surface area contributed by atoms with Gasteiger partial charge in [-0.05, 0) is 47.1 Å². The predicted molar refractivity (Wildman–Crippen MR) is 123 cm³/mol. The van der Waals surface area contributed by atoms with Gasteiger partial charge in [0.05, 0.1) is 0 Å². The summed E-state index contributed by atoms with van der Waals surface area (Å²) in [4.78, 5) is 17.1. The van der Waals surface area contributed by atoms with Gasteiger partial charge in [0.25, 0.3) is 0 Å². The zero-order valence-corrected chi connectivity index (χ0v) is 17.2. The van der Waals surface area contributed by atoms with E-state index in [0.717, 1.165) is 27.8 Å². The fourth-order valence-electron chi connectivity index (χ4n) is 4.00. The van der Waals surface area contributed by atoms with E-state index in [0.29, 0.717) is 11.1 Å². The van der Waals surface area contributed by atoms with Crippen LogP contribution in [-0.2, 0) is 5.60 Å².